The van der Waals surface area contributed by atoms with E-state index < -0.39 is 0 Å². The maximum Gasteiger partial charge on any atom is 0.164 e. The lowest BCUT2D eigenvalue weighted by Crippen LogP contribution is -2.00. The second kappa shape index (κ2) is 12.6. The molecule has 4 aromatic heterocycles. The molecule has 57 heavy (non-hydrogen) atoms. The third-order valence-electron chi connectivity index (χ3n) is 10.9. The number of benzene rings is 8. The summed E-state index contributed by atoms with van der Waals surface area (Å²) in [4.78, 5) is 15.4. The van der Waals surface area contributed by atoms with Crippen LogP contribution in [0.15, 0.2) is 185 Å². The molecular weight excluding hydrogens is 719 g/mol. The van der Waals surface area contributed by atoms with Gasteiger partial charge in [-0.25, -0.2) is 15.0 Å². The molecule has 8 aromatic carbocycles. The zero-order valence-corrected chi connectivity index (χ0v) is 31.1. The summed E-state index contributed by atoms with van der Waals surface area (Å²) >= 11 is 1.83. The van der Waals surface area contributed by atoms with Crippen molar-refractivity contribution in [2.45, 2.75) is 0 Å². The van der Waals surface area contributed by atoms with Crippen LogP contribution in [-0.2, 0) is 0 Å². The smallest absolute Gasteiger partial charge is 0.164 e. The van der Waals surface area contributed by atoms with Crippen molar-refractivity contribution in [1.29, 1.82) is 0 Å². The summed E-state index contributed by atoms with van der Waals surface area (Å²) in [6.45, 7) is 0. The first-order chi connectivity index (χ1) is 28.2. The summed E-state index contributed by atoms with van der Waals surface area (Å²) < 4.78 is 15.4. The number of thiophene rings is 1. The molecule has 0 saturated carbocycles. The Hall–Kier alpha value is -7.41. The van der Waals surface area contributed by atoms with Gasteiger partial charge >= 0.3 is 0 Å². The van der Waals surface area contributed by atoms with E-state index in [1.807, 2.05) is 59.9 Å². The quantitative estimate of drug-likeness (QED) is 0.175. The van der Waals surface area contributed by atoms with Gasteiger partial charge in [0, 0.05) is 58.4 Å². The number of nitrogens with zero attached hydrogens (tertiary/aromatic N) is 3. The Labute approximate surface area is 330 Å². The average Bonchev–Trinajstić information content (AvgIpc) is 3.97. The molecule has 0 fully saturated rings. The number of para-hydroxylation sites is 1. The van der Waals surface area contributed by atoms with Gasteiger partial charge in [0.15, 0.2) is 17.5 Å². The second-order valence-corrected chi connectivity index (χ2v) is 15.4. The van der Waals surface area contributed by atoms with Gasteiger partial charge in [0.2, 0.25) is 0 Å². The van der Waals surface area contributed by atoms with Crippen molar-refractivity contribution in [1.82, 2.24) is 15.0 Å². The molecule has 4 heterocycles. The molecule has 0 atom stereocenters. The minimum atomic E-state index is 0.558. The molecule has 0 N–H and O–H groups in total. The Morgan fingerprint density at radius 3 is 1.70 bits per heavy atom. The van der Waals surface area contributed by atoms with Gasteiger partial charge in [0.25, 0.3) is 0 Å². The van der Waals surface area contributed by atoms with Gasteiger partial charge in [-0.05, 0) is 70.8 Å². The number of hydrogen-bond acceptors (Lipinski definition) is 6. The topological polar surface area (TPSA) is 65.0 Å². The van der Waals surface area contributed by atoms with Crippen LogP contribution in [0.2, 0.25) is 0 Å². The lowest BCUT2D eigenvalue weighted by atomic mass is 9.99. The molecule has 0 amide bonds. The summed E-state index contributed by atoms with van der Waals surface area (Å²) in [6.07, 6.45) is 0. The Morgan fingerprint density at radius 2 is 0.877 bits per heavy atom. The fourth-order valence-electron chi connectivity index (χ4n) is 8.25. The molecule has 0 unspecified atom stereocenters. The first-order valence-electron chi connectivity index (χ1n) is 18.9. The van der Waals surface area contributed by atoms with Crippen molar-refractivity contribution in [3.63, 3.8) is 0 Å². The highest BCUT2D eigenvalue weighted by atomic mass is 32.1. The van der Waals surface area contributed by atoms with Crippen LogP contribution in [0.25, 0.3) is 120 Å². The highest BCUT2D eigenvalue weighted by Gasteiger charge is 2.19. The van der Waals surface area contributed by atoms with Crippen LogP contribution < -0.4 is 0 Å². The van der Waals surface area contributed by atoms with Gasteiger partial charge < -0.3 is 8.83 Å². The zero-order chi connectivity index (χ0) is 37.5. The van der Waals surface area contributed by atoms with Crippen LogP contribution in [-0.4, -0.2) is 15.0 Å². The molecule has 5 nitrogen and oxygen atoms in total. The summed E-state index contributed by atoms with van der Waals surface area (Å²) in [7, 11) is 0. The fraction of sp³-hybridized carbons (Fsp3) is 0. The first-order valence-corrected chi connectivity index (χ1v) is 19.7. The largest absolute Gasteiger partial charge is 0.456 e. The minimum Gasteiger partial charge on any atom is -0.456 e. The lowest BCUT2D eigenvalue weighted by Gasteiger charge is -2.10. The maximum atomic E-state index is 6.52. The van der Waals surface area contributed by atoms with E-state index in [1.165, 1.54) is 25.7 Å². The first kappa shape index (κ1) is 31.9. The molecule has 0 aliphatic heterocycles. The summed E-state index contributed by atoms with van der Waals surface area (Å²) in [6, 6.07) is 60.9. The van der Waals surface area contributed by atoms with E-state index in [-0.39, 0.29) is 0 Å². The highest BCUT2D eigenvalue weighted by molar-refractivity contribution is 7.26. The summed E-state index contributed by atoms with van der Waals surface area (Å²) in [5.41, 5.74) is 10.4. The lowest BCUT2D eigenvalue weighted by molar-refractivity contribution is 0.668. The molecule has 0 radical (unpaired) electrons. The fourth-order valence-corrected chi connectivity index (χ4v) is 9.49. The van der Waals surface area contributed by atoms with Crippen LogP contribution in [0.4, 0.5) is 0 Å². The number of fused-ring (bicyclic) bond motifs is 9. The third-order valence-corrected chi connectivity index (χ3v) is 12.2. The van der Waals surface area contributed by atoms with Crippen LogP contribution in [0.3, 0.4) is 0 Å². The van der Waals surface area contributed by atoms with E-state index in [9.17, 15) is 0 Å². The van der Waals surface area contributed by atoms with E-state index in [1.54, 1.807) is 0 Å². The molecule has 0 aliphatic rings. The van der Waals surface area contributed by atoms with E-state index >= 15 is 0 Å². The standard InChI is InChI=1S/C51H29N3O2S/c1-2-11-30(12-3-1)35-17-10-21-43-47(35)41-26-24-34(29-45(41)56-43)51-53-49(52-50(54-51)33-23-25-38-37-15-4-6-20-42(37)55-44(38)28-33)32-14-8-13-31(27-32)36-18-9-19-40-39-16-5-7-22-46(39)57-48(36)40/h1-29H. The predicted octanol–water partition coefficient (Wildman–Crippen LogP) is 14.4. The molecule has 12 aromatic rings. The van der Waals surface area contributed by atoms with Crippen LogP contribution >= 0.6 is 11.3 Å². The Bertz CT molecular complexity index is 3540. The van der Waals surface area contributed by atoms with Crippen LogP contribution in [0.5, 0.6) is 0 Å². The summed E-state index contributed by atoms with van der Waals surface area (Å²) in [5.74, 6) is 1.70. The van der Waals surface area contributed by atoms with E-state index in [0.717, 1.165) is 77.3 Å². The predicted molar refractivity (Wildman–Crippen MR) is 234 cm³/mol. The minimum absolute atomic E-state index is 0.558. The van der Waals surface area contributed by atoms with Gasteiger partial charge in [-0.15, -0.1) is 11.3 Å². The Balaban J connectivity index is 1.03. The van der Waals surface area contributed by atoms with Crippen molar-refractivity contribution in [3.05, 3.63) is 176 Å². The van der Waals surface area contributed by atoms with E-state index in [4.69, 9.17) is 23.8 Å². The molecular formula is C51H29N3O2S. The Kier molecular flexibility index (Phi) is 7.03. The molecule has 0 aliphatic carbocycles. The summed E-state index contributed by atoms with van der Waals surface area (Å²) in [5, 5.41) is 6.81. The van der Waals surface area contributed by atoms with Gasteiger partial charge in [-0.1, -0.05) is 127 Å². The number of furan rings is 2. The maximum absolute atomic E-state index is 6.52. The van der Waals surface area contributed by atoms with Crippen molar-refractivity contribution in [3.8, 4) is 56.4 Å². The average molecular weight is 748 g/mol. The van der Waals surface area contributed by atoms with E-state index in [0.29, 0.717) is 17.5 Å². The van der Waals surface area contributed by atoms with Gasteiger partial charge in [0.1, 0.15) is 22.3 Å². The van der Waals surface area contributed by atoms with E-state index in [2.05, 4.69) is 127 Å². The molecule has 0 bridgehead atoms. The Morgan fingerprint density at radius 1 is 0.333 bits per heavy atom. The van der Waals surface area contributed by atoms with Gasteiger partial charge in [-0.2, -0.15) is 0 Å². The molecule has 12 rings (SSSR count). The zero-order valence-electron chi connectivity index (χ0n) is 30.3. The molecule has 0 spiro atoms. The second-order valence-electron chi connectivity index (χ2n) is 14.3. The van der Waals surface area contributed by atoms with Crippen LogP contribution in [0, 0.1) is 0 Å². The number of rotatable bonds is 5. The molecule has 266 valence electrons. The van der Waals surface area contributed by atoms with Crippen molar-refractivity contribution in [2.75, 3.05) is 0 Å². The van der Waals surface area contributed by atoms with Crippen LogP contribution in [0.1, 0.15) is 0 Å². The molecule has 6 heteroatoms. The normalized spacial score (nSPS) is 11.9. The van der Waals surface area contributed by atoms with Crippen molar-refractivity contribution >= 4 is 75.4 Å². The monoisotopic (exact) mass is 747 g/mol. The third kappa shape index (κ3) is 5.19. The van der Waals surface area contributed by atoms with Crippen molar-refractivity contribution in [2.24, 2.45) is 0 Å². The number of aromatic nitrogens is 3. The van der Waals surface area contributed by atoms with Gasteiger partial charge in [0.05, 0.1) is 0 Å². The highest BCUT2D eigenvalue weighted by Crippen LogP contribution is 2.42. The van der Waals surface area contributed by atoms with Crippen molar-refractivity contribution < 1.29 is 8.83 Å². The van der Waals surface area contributed by atoms with Gasteiger partial charge in [-0.3, -0.25) is 0 Å². The SMILES string of the molecule is c1ccc(-c2cccc3oc4cc(-c5nc(-c6cccc(-c7cccc8c7sc7ccccc78)c6)nc(-c6ccc7c(c6)oc6ccccc67)n5)ccc4c23)cc1. The molecule has 0 saturated heterocycles. The number of hydrogen-bond donors (Lipinski definition) is 0.